The number of carbonyl (C=O) groups excluding carboxylic acids is 1. The van der Waals surface area contributed by atoms with Gasteiger partial charge in [-0.3, -0.25) is 4.79 Å². The predicted octanol–water partition coefficient (Wildman–Crippen LogP) is 2.32. The van der Waals surface area contributed by atoms with Crippen molar-refractivity contribution in [3.05, 3.63) is 0 Å². The molecule has 1 heterocycles. The van der Waals surface area contributed by atoms with Crippen molar-refractivity contribution in [3.8, 4) is 0 Å². The van der Waals surface area contributed by atoms with E-state index in [4.69, 9.17) is 0 Å². The zero-order chi connectivity index (χ0) is 14.0. The molecular formula is C12H21F3N2O. The molecule has 1 aliphatic heterocycles. The number of piperidine rings is 1. The highest BCUT2D eigenvalue weighted by molar-refractivity contribution is 5.86. The number of rotatable bonds is 3. The molecule has 1 rings (SSSR count). The van der Waals surface area contributed by atoms with Crippen molar-refractivity contribution < 1.29 is 18.0 Å². The highest BCUT2D eigenvalue weighted by atomic mass is 19.4. The Balaban J connectivity index is 2.82. The topological polar surface area (TPSA) is 32.3 Å². The van der Waals surface area contributed by atoms with Gasteiger partial charge in [0.1, 0.15) is 6.54 Å². The van der Waals surface area contributed by atoms with Crippen LogP contribution in [0, 0.1) is 0 Å². The average Bonchev–Trinajstić information content (AvgIpc) is 2.24. The van der Waals surface area contributed by atoms with Gasteiger partial charge in [-0.25, -0.2) is 0 Å². The second-order valence-corrected chi connectivity index (χ2v) is 5.36. The molecule has 6 heteroatoms. The van der Waals surface area contributed by atoms with Gasteiger partial charge in [0.05, 0.1) is 5.54 Å². The summed E-state index contributed by atoms with van der Waals surface area (Å²) in [4.78, 5) is 13.2. The Hall–Kier alpha value is -0.780. The third-order valence-corrected chi connectivity index (χ3v) is 3.32. The summed E-state index contributed by atoms with van der Waals surface area (Å²) < 4.78 is 37.5. The highest BCUT2D eigenvalue weighted by Gasteiger charge is 2.42. The van der Waals surface area contributed by atoms with E-state index in [9.17, 15) is 18.0 Å². The van der Waals surface area contributed by atoms with Crippen molar-refractivity contribution in [1.82, 2.24) is 10.2 Å². The maximum absolute atomic E-state index is 12.5. The molecule has 106 valence electrons. The van der Waals surface area contributed by atoms with E-state index in [-0.39, 0.29) is 0 Å². The Labute approximate surface area is 106 Å². The first-order valence-electron chi connectivity index (χ1n) is 6.28. The Morgan fingerprint density at radius 1 is 1.39 bits per heavy atom. The lowest BCUT2D eigenvalue weighted by Gasteiger charge is -2.39. The van der Waals surface area contributed by atoms with Gasteiger partial charge in [0.2, 0.25) is 5.91 Å². The van der Waals surface area contributed by atoms with Crippen LogP contribution in [0.2, 0.25) is 0 Å². The Morgan fingerprint density at radius 3 is 2.39 bits per heavy atom. The smallest absolute Gasteiger partial charge is 0.330 e. The Morgan fingerprint density at radius 2 is 2.00 bits per heavy atom. The molecule has 0 radical (unpaired) electrons. The molecule has 1 fully saturated rings. The van der Waals surface area contributed by atoms with Gasteiger partial charge in [-0.15, -0.1) is 0 Å². The fourth-order valence-corrected chi connectivity index (χ4v) is 2.24. The predicted molar refractivity (Wildman–Crippen MR) is 63.2 cm³/mol. The molecule has 0 aromatic heterocycles. The molecule has 0 aromatic rings. The van der Waals surface area contributed by atoms with Gasteiger partial charge in [0.15, 0.2) is 0 Å². The zero-order valence-corrected chi connectivity index (χ0v) is 11.1. The summed E-state index contributed by atoms with van der Waals surface area (Å²) >= 11 is 0. The number of alkyl halides is 3. The molecule has 1 amide bonds. The molecule has 0 spiro atoms. The fraction of sp³-hybridized carbons (Fsp3) is 0.917. The number of nitrogens with zero attached hydrogens (tertiary/aromatic N) is 1. The van der Waals surface area contributed by atoms with Crippen molar-refractivity contribution in [1.29, 1.82) is 0 Å². The van der Waals surface area contributed by atoms with Crippen molar-refractivity contribution >= 4 is 5.91 Å². The van der Waals surface area contributed by atoms with Crippen LogP contribution in [0.1, 0.15) is 40.0 Å². The third kappa shape index (κ3) is 3.86. The summed E-state index contributed by atoms with van der Waals surface area (Å²) in [6, 6.07) is -0.459. The monoisotopic (exact) mass is 266 g/mol. The minimum atomic E-state index is -4.36. The van der Waals surface area contributed by atoms with E-state index in [1.165, 1.54) is 0 Å². The minimum Gasteiger partial charge on any atom is -0.330 e. The van der Waals surface area contributed by atoms with Gasteiger partial charge >= 0.3 is 6.18 Å². The van der Waals surface area contributed by atoms with E-state index in [0.717, 1.165) is 17.7 Å². The summed E-state index contributed by atoms with van der Waals surface area (Å²) in [5, 5.41) is 3.06. The lowest BCUT2D eigenvalue weighted by atomic mass is 9.89. The van der Waals surface area contributed by atoms with Gasteiger partial charge in [-0.1, -0.05) is 0 Å². The maximum Gasteiger partial charge on any atom is 0.406 e. The summed E-state index contributed by atoms with van der Waals surface area (Å²) in [5.74, 6) is -0.450. The van der Waals surface area contributed by atoms with Crippen LogP contribution >= 0.6 is 0 Å². The van der Waals surface area contributed by atoms with Crippen molar-refractivity contribution in [2.45, 2.75) is 57.8 Å². The second kappa shape index (κ2) is 5.47. The Bertz CT molecular complexity index is 296. The van der Waals surface area contributed by atoms with Crippen molar-refractivity contribution in [2.24, 2.45) is 0 Å². The van der Waals surface area contributed by atoms with E-state index in [1.54, 1.807) is 20.8 Å². The van der Waals surface area contributed by atoms with Crippen LogP contribution in [0.5, 0.6) is 0 Å². The molecule has 0 aromatic carbocycles. The molecule has 1 N–H and O–H groups in total. The van der Waals surface area contributed by atoms with E-state index in [2.05, 4.69) is 5.32 Å². The number of nitrogens with one attached hydrogen (secondary N) is 1. The number of carbonyl (C=O) groups is 1. The zero-order valence-electron chi connectivity index (χ0n) is 11.1. The molecule has 1 unspecified atom stereocenters. The van der Waals surface area contributed by atoms with E-state index in [0.29, 0.717) is 13.0 Å². The minimum absolute atomic E-state index is 0.450. The van der Waals surface area contributed by atoms with Gasteiger partial charge in [-0.05, 0) is 46.6 Å². The molecule has 0 bridgehead atoms. The Kier molecular flexibility index (Phi) is 4.64. The van der Waals surface area contributed by atoms with Crippen LogP contribution in [-0.4, -0.2) is 41.7 Å². The highest BCUT2D eigenvalue weighted by Crippen LogP contribution is 2.25. The lowest BCUT2D eigenvalue weighted by molar-refractivity contribution is -0.169. The number of hydrogen-bond acceptors (Lipinski definition) is 2. The average molecular weight is 266 g/mol. The van der Waals surface area contributed by atoms with E-state index >= 15 is 0 Å². The first-order chi connectivity index (χ1) is 8.16. The number of amides is 1. The van der Waals surface area contributed by atoms with Crippen LogP contribution in [0.25, 0.3) is 0 Å². The molecule has 3 nitrogen and oxygen atoms in total. The van der Waals surface area contributed by atoms with Crippen LogP contribution in [0.4, 0.5) is 13.2 Å². The van der Waals surface area contributed by atoms with E-state index < -0.39 is 30.2 Å². The lowest BCUT2D eigenvalue weighted by Crippen LogP contribution is -2.60. The standard InChI is InChI=1S/C12H21F3N2O/c1-9(2)17(8-12(13,14)15)10(18)11(3)6-4-5-7-16-11/h9,16H,4-8H2,1-3H3. The molecule has 1 atom stereocenters. The van der Waals surface area contributed by atoms with Crippen LogP contribution in [0.3, 0.4) is 0 Å². The fourth-order valence-electron chi connectivity index (χ4n) is 2.24. The largest absolute Gasteiger partial charge is 0.406 e. The molecule has 0 saturated carbocycles. The SMILES string of the molecule is CC(C)N(CC(F)(F)F)C(=O)C1(C)CCCCN1. The number of halogens is 3. The molecule has 1 saturated heterocycles. The van der Waals surface area contributed by atoms with Crippen LogP contribution in [-0.2, 0) is 4.79 Å². The summed E-state index contributed by atoms with van der Waals surface area (Å²) in [6.07, 6.45) is -1.94. The molecular weight excluding hydrogens is 245 g/mol. The normalized spacial score (nSPS) is 25.3. The maximum atomic E-state index is 12.5. The first-order valence-corrected chi connectivity index (χ1v) is 6.28. The van der Waals surface area contributed by atoms with Crippen LogP contribution in [0.15, 0.2) is 0 Å². The van der Waals surface area contributed by atoms with Gasteiger partial charge in [0, 0.05) is 6.04 Å². The van der Waals surface area contributed by atoms with Gasteiger partial charge < -0.3 is 10.2 Å². The quantitative estimate of drug-likeness (QED) is 0.850. The van der Waals surface area contributed by atoms with Crippen molar-refractivity contribution in [3.63, 3.8) is 0 Å². The third-order valence-electron chi connectivity index (χ3n) is 3.32. The molecule has 18 heavy (non-hydrogen) atoms. The first kappa shape index (κ1) is 15.3. The van der Waals surface area contributed by atoms with Crippen molar-refractivity contribution in [2.75, 3.05) is 13.1 Å². The van der Waals surface area contributed by atoms with Gasteiger partial charge in [0.25, 0.3) is 0 Å². The van der Waals surface area contributed by atoms with Gasteiger partial charge in [-0.2, -0.15) is 13.2 Å². The second-order valence-electron chi connectivity index (χ2n) is 5.36. The summed E-state index contributed by atoms with van der Waals surface area (Å²) in [5.41, 5.74) is -0.853. The summed E-state index contributed by atoms with van der Waals surface area (Å²) in [7, 11) is 0. The molecule has 1 aliphatic rings. The summed E-state index contributed by atoms with van der Waals surface area (Å²) in [6.45, 7) is 4.41. The van der Waals surface area contributed by atoms with E-state index in [1.807, 2.05) is 0 Å². The number of hydrogen-bond donors (Lipinski definition) is 1. The molecule has 0 aliphatic carbocycles. The van der Waals surface area contributed by atoms with Crippen LogP contribution < -0.4 is 5.32 Å².